The molecule has 1 aromatic heterocycles. The molecule has 6 nitrogen and oxygen atoms in total. The van der Waals surface area contributed by atoms with Gasteiger partial charge in [0.05, 0.1) is 32.0 Å². The van der Waals surface area contributed by atoms with Crippen LogP contribution < -0.4 is 0 Å². The number of ether oxygens (including phenoxy) is 3. The lowest BCUT2D eigenvalue weighted by Gasteiger charge is -2.48. The van der Waals surface area contributed by atoms with Gasteiger partial charge in [-0.15, -0.1) is 0 Å². The Bertz CT molecular complexity index is 493. The van der Waals surface area contributed by atoms with Crippen molar-refractivity contribution in [3.05, 3.63) is 30.1 Å². The largest absolute Gasteiger partial charge is 0.444 e. The van der Waals surface area contributed by atoms with Gasteiger partial charge in [0, 0.05) is 13.3 Å². The second-order valence-electron chi connectivity index (χ2n) is 6.39. The summed E-state index contributed by atoms with van der Waals surface area (Å²) in [4.78, 5) is 18.1. The predicted molar refractivity (Wildman–Crippen MR) is 81.6 cm³/mol. The molecule has 0 aliphatic carbocycles. The van der Waals surface area contributed by atoms with Crippen LogP contribution in [0.15, 0.2) is 24.4 Å². The van der Waals surface area contributed by atoms with E-state index in [0.717, 1.165) is 5.69 Å². The number of methoxy groups -OCH3 is 1. The molecule has 1 aliphatic heterocycles. The van der Waals surface area contributed by atoms with Crippen molar-refractivity contribution in [1.29, 1.82) is 0 Å². The molecular formula is C16H24N2O4. The summed E-state index contributed by atoms with van der Waals surface area (Å²) in [5.74, 6) is 0. The number of pyridine rings is 1. The van der Waals surface area contributed by atoms with E-state index >= 15 is 0 Å². The molecule has 0 unspecified atom stereocenters. The molecule has 1 amide bonds. The van der Waals surface area contributed by atoms with Crippen molar-refractivity contribution in [3.8, 4) is 0 Å². The number of aromatic nitrogens is 1. The average Bonchev–Trinajstić information content (AvgIpc) is 2.40. The van der Waals surface area contributed by atoms with E-state index in [1.54, 1.807) is 18.2 Å². The SMILES string of the molecule is COCCOC1(c2ccccn2)CN(C(=O)OC(C)(C)C)C1. The zero-order chi connectivity index (χ0) is 16.2. The first-order valence-electron chi connectivity index (χ1n) is 7.39. The van der Waals surface area contributed by atoms with E-state index in [-0.39, 0.29) is 6.09 Å². The smallest absolute Gasteiger partial charge is 0.410 e. The number of nitrogens with zero attached hydrogens (tertiary/aromatic N) is 2. The number of rotatable bonds is 5. The maximum atomic E-state index is 12.1. The third kappa shape index (κ3) is 3.96. The second-order valence-corrected chi connectivity index (χ2v) is 6.39. The highest BCUT2D eigenvalue weighted by Gasteiger charge is 2.49. The minimum absolute atomic E-state index is 0.325. The number of hydrogen-bond acceptors (Lipinski definition) is 5. The van der Waals surface area contributed by atoms with Gasteiger partial charge in [-0.05, 0) is 32.9 Å². The normalized spacial score (nSPS) is 17.0. The number of amides is 1. The predicted octanol–water partition coefficient (Wildman–Crippen LogP) is 2.19. The highest BCUT2D eigenvalue weighted by atomic mass is 16.6. The van der Waals surface area contributed by atoms with E-state index in [9.17, 15) is 4.79 Å². The van der Waals surface area contributed by atoms with Crippen molar-refractivity contribution in [3.63, 3.8) is 0 Å². The summed E-state index contributed by atoms with van der Waals surface area (Å²) >= 11 is 0. The molecule has 2 rings (SSSR count). The molecule has 0 aromatic carbocycles. The van der Waals surface area contributed by atoms with Gasteiger partial charge in [0.25, 0.3) is 0 Å². The van der Waals surface area contributed by atoms with E-state index in [0.29, 0.717) is 26.3 Å². The van der Waals surface area contributed by atoms with Crippen LogP contribution >= 0.6 is 0 Å². The molecule has 0 spiro atoms. The van der Waals surface area contributed by atoms with E-state index in [1.807, 2.05) is 39.0 Å². The Hall–Kier alpha value is -1.66. The minimum Gasteiger partial charge on any atom is -0.444 e. The molecule has 1 saturated heterocycles. The Labute approximate surface area is 131 Å². The van der Waals surface area contributed by atoms with Gasteiger partial charge in [-0.25, -0.2) is 4.79 Å². The maximum absolute atomic E-state index is 12.1. The van der Waals surface area contributed by atoms with E-state index < -0.39 is 11.2 Å². The van der Waals surface area contributed by atoms with Crippen LogP contribution in [0, 0.1) is 0 Å². The molecule has 0 N–H and O–H groups in total. The number of likely N-dealkylation sites (tertiary alicyclic amines) is 1. The lowest BCUT2D eigenvalue weighted by molar-refractivity contribution is -0.155. The van der Waals surface area contributed by atoms with Gasteiger partial charge in [0.1, 0.15) is 11.2 Å². The summed E-state index contributed by atoms with van der Waals surface area (Å²) < 4.78 is 16.4. The maximum Gasteiger partial charge on any atom is 0.410 e. The summed E-state index contributed by atoms with van der Waals surface area (Å²) in [7, 11) is 1.63. The van der Waals surface area contributed by atoms with Crippen molar-refractivity contribution in [2.45, 2.75) is 32.0 Å². The molecule has 1 aliphatic rings. The van der Waals surface area contributed by atoms with Gasteiger partial charge in [-0.2, -0.15) is 0 Å². The lowest BCUT2D eigenvalue weighted by atomic mass is 9.90. The van der Waals surface area contributed by atoms with Crippen LogP contribution in [0.25, 0.3) is 0 Å². The standard InChI is InChI=1S/C16H24N2O4/c1-15(2,3)22-14(19)18-11-16(12-18,21-10-9-20-4)13-7-5-6-8-17-13/h5-8H,9-12H2,1-4H3. The molecular weight excluding hydrogens is 284 g/mol. The van der Waals surface area contributed by atoms with E-state index in [1.165, 1.54) is 0 Å². The van der Waals surface area contributed by atoms with Crippen LogP contribution in [0.5, 0.6) is 0 Å². The van der Waals surface area contributed by atoms with Crippen molar-refractivity contribution >= 4 is 6.09 Å². The summed E-state index contributed by atoms with van der Waals surface area (Å²) in [6, 6.07) is 5.69. The van der Waals surface area contributed by atoms with Gasteiger partial charge in [0.15, 0.2) is 0 Å². The highest BCUT2D eigenvalue weighted by Crippen LogP contribution is 2.35. The highest BCUT2D eigenvalue weighted by molar-refractivity contribution is 5.69. The molecule has 0 bridgehead atoms. The number of hydrogen-bond donors (Lipinski definition) is 0. The fourth-order valence-electron chi connectivity index (χ4n) is 2.31. The molecule has 22 heavy (non-hydrogen) atoms. The zero-order valence-corrected chi connectivity index (χ0v) is 13.7. The van der Waals surface area contributed by atoms with E-state index in [2.05, 4.69) is 4.98 Å². The molecule has 0 atom stereocenters. The van der Waals surface area contributed by atoms with Crippen LogP contribution in [-0.4, -0.2) is 55.0 Å². The molecule has 1 fully saturated rings. The Balaban J connectivity index is 2.03. The zero-order valence-electron chi connectivity index (χ0n) is 13.7. The Morgan fingerprint density at radius 1 is 1.32 bits per heavy atom. The Kier molecular flexibility index (Phi) is 5.03. The van der Waals surface area contributed by atoms with Crippen LogP contribution in [0.1, 0.15) is 26.5 Å². The first-order chi connectivity index (χ1) is 10.4. The molecule has 2 heterocycles. The van der Waals surface area contributed by atoms with Crippen LogP contribution in [0.3, 0.4) is 0 Å². The van der Waals surface area contributed by atoms with Gasteiger partial charge < -0.3 is 19.1 Å². The Morgan fingerprint density at radius 3 is 2.59 bits per heavy atom. The second kappa shape index (κ2) is 6.62. The van der Waals surface area contributed by atoms with Crippen LogP contribution in [0.2, 0.25) is 0 Å². The first-order valence-corrected chi connectivity index (χ1v) is 7.39. The summed E-state index contributed by atoms with van der Waals surface area (Å²) in [6.45, 7) is 7.38. The van der Waals surface area contributed by atoms with Crippen LogP contribution in [-0.2, 0) is 19.8 Å². The van der Waals surface area contributed by atoms with Gasteiger partial charge in [0.2, 0.25) is 0 Å². The molecule has 0 radical (unpaired) electrons. The van der Waals surface area contributed by atoms with Crippen molar-refractivity contribution in [1.82, 2.24) is 9.88 Å². The molecule has 122 valence electrons. The van der Waals surface area contributed by atoms with E-state index in [4.69, 9.17) is 14.2 Å². The Morgan fingerprint density at radius 2 is 2.05 bits per heavy atom. The van der Waals surface area contributed by atoms with Crippen molar-refractivity contribution < 1.29 is 19.0 Å². The summed E-state index contributed by atoms with van der Waals surface area (Å²) in [5, 5.41) is 0. The van der Waals surface area contributed by atoms with Gasteiger partial charge in [-0.1, -0.05) is 6.07 Å². The number of carbonyl (C=O) groups is 1. The minimum atomic E-state index is -0.573. The lowest BCUT2D eigenvalue weighted by Crippen LogP contribution is -2.63. The van der Waals surface area contributed by atoms with Crippen molar-refractivity contribution in [2.75, 3.05) is 33.4 Å². The molecule has 6 heteroatoms. The third-order valence-electron chi connectivity index (χ3n) is 3.34. The van der Waals surface area contributed by atoms with Crippen molar-refractivity contribution in [2.24, 2.45) is 0 Å². The fourth-order valence-corrected chi connectivity index (χ4v) is 2.31. The molecule has 0 saturated carbocycles. The third-order valence-corrected chi connectivity index (χ3v) is 3.34. The van der Waals surface area contributed by atoms with Gasteiger partial charge in [-0.3, -0.25) is 4.98 Å². The first kappa shape index (κ1) is 16.7. The molecule has 1 aromatic rings. The number of carbonyl (C=O) groups excluding carboxylic acids is 1. The topological polar surface area (TPSA) is 60.9 Å². The monoisotopic (exact) mass is 308 g/mol. The average molecular weight is 308 g/mol. The summed E-state index contributed by atoms with van der Waals surface area (Å²) in [5.41, 5.74) is -0.251. The van der Waals surface area contributed by atoms with Crippen LogP contribution in [0.4, 0.5) is 4.79 Å². The summed E-state index contributed by atoms with van der Waals surface area (Å²) in [6.07, 6.45) is 1.40. The fraction of sp³-hybridized carbons (Fsp3) is 0.625. The van der Waals surface area contributed by atoms with Gasteiger partial charge >= 0.3 is 6.09 Å². The quantitative estimate of drug-likeness (QED) is 0.780.